The summed E-state index contributed by atoms with van der Waals surface area (Å²) in [4.78, 5) is 15.6. The summed E-state index contributed by atoms with van der Waals surface area (Å²) in [5.74, 6) is 1.19. The first-order valence-electron chi connectivity index (χ1n) is 7.65. The van der Waals surface area contributed by atoms with E-state index < -0.39 is 0 Å². The number of pyridine rings is 1. The molecule has 0 N–H and O–H groups in total. The Morgan fingerprint density at radius 2 is 2.19 bits per heavy atom. The summed E-state index contributed by atoms with van der Waals surface area (Å²) >= 11 is 0. The predicted octanol–water partition coefficient (Wildman–Crippen LogP) is 3.97. The summed E-state index contributed by atoms with van der Waals surface area (Å²) in [6.45, 7) is 0.854. The molecule has 1 aliphatic carbocycles. The van der Waals surface area contributed by atoms with Gasteiger partial charge < -0.3 is 4.74 Å². The van der Waals surface area contributed by atoms with Crippen molar-refractivity contribution in [2.75, 3.05) is 13.7 Å². The molecule has 1 fully saturated rings. The van der Waals surface area contributed by atoms with Crippen LogP contribution in [-0.2, 0) is 4.74 Å². The number of benzene rings is 1. The standard InChI is InChI=1S/C18H21NO2/c1-21-12-14-3-2-4-15(10-14)18-8-6-16-9-13(11-20)5-7-17(16)19-18/h5-9,11,14-15H,2-4,10,12H2,1H3/t14-,15-/m0/s1. The van der Waals surface area contributed by atoms with Crippen LogP contribution in [0.25, 0.3) is 10.9 Å². The van der Waals surface area contributed by atoms with E-state index in [1.165, 1.54) is 31.4 Å². The van der Waals surface area contributed by atoms with Crippen molar-refractivity contribution >= 4 is 17.2 Å². The molecule has 1 saturated carbocycles. The Kier molecular flexibility index (Phi) is 4.30. The lowest BCUT2D eigenvalue weighted by atomic mass is 9.80. The molecule has 2 atom stereocenters. The van der Waals surface area contributed by atoms with Gasteiger partial charge in [-0.25, -0.2) is 0 Å². The Morgan fingerprint density at radius 3 is 3.00 bits per heavy atom. The zero-order valence-electron chi connectivity index (χ0n) is 12.4. The Labute approximate surface area is 125 Å². The number of fused-ring (bicyclic) bond motifs is 1. The largest absolute Gasteiger partial charge is 0.384 e. The lowest BCUT2D eigenvalue weighted by Gasteiger charge is -2.28. The maximum atomic E-state index is 10.8. The van der Waals surface area contributed by atoms with E-state index >= 15 is 0 Å². The fourth-order valence-corrected chi connectivity index (χ4v) is 3.41. The van der Waals surface area contributed by atoms with Crippen LogP contribution in [0.5, 0.6) is 0 Å². The molecule has 0 radical (unpaired) electrons. The van der Waals surface area contributed by atoms with Gasteiger partial charge in [0.25, 0.3) is 0 Å². The summed E-state index contributed by atoms with van der Waals surface area (Å²) in [6, 6.07) is 9.88. The third-order valence-corrected chi connectivity index (χ3v) is 4.47. The number of hydrogen-bond acceptors (Lipinski definition) is 3. The summed E-state index contributed by atoms with van der Waals surface area (Å²) in [5, 5.41) is 1.03. The SMILES string of the molecule is COC[C@H]1CCC[C@H](c2ccc3cc(C=O)ccc3n2)C1. The Bertz CT molecular complexity index is 636. The highest BCUT2D eigenvalue weighted by Crippen LogP contribution is 2.36. The van der Waals surface area contributed by atoms with E-state index in [2.05, 4.69) is 12.1 Å². The number of nitrogens with zero attached hydrogens (tertiary/aromatic N) is 1. The van der Waals surface area contributed by atoms with E-state index in [0.717, 1.165) is 23.8 Å². The van der Waals surface area contributed by atoms with Crippen molar-refractivity contribution in [3.63, 3.8) is 0 Å². The van der Waals surface area contributed by atoms with Crippen LogP contribution in [0.15, 0.2) is 30.3 Å². The van der Waals surface area contributed by atoms with Crippen molar-refractivity contribution in [3.05, 3.63) is 41.6 Å². The number of aromatic nitrogens is 1. The molecule has 1 aromatic heterocycles. The maximum absolute atomic E-state index is 10.8. The average Bonchev–Trinajstić information content (AvgIpc) is 2.54. The minimum absolute atomic E-state index is 0.536. The Balaban J connectivity index is 1.85. The average molecular weight is 283 g/mol. The molecule has 0 spiro atoms. The van der Waals surface area contributed by atoms with Gasteiger partial charge in [0.15, 0.2) is 0 Å². The summed E-state index contributed by atoms with van der Waals surface area (Å²) in [5.41, 5.74) is 2.86. The first-order chi connectivity index (χ1) is 10.3. The highest BCUT2D eigenvalue weighted by Gasteiger charge is 2.24. The molecular formula is C18H21NO2. The molecule has 3 heteroatoms. The smallest absolute Gasteiger partial charge is 0.150 e. The van der Waals surface area contributed by atoms with Gasteiger partial charge in [-0.15, -0.1) is 0 Å². The van der Waals surface area contributed by atoms with Crippen molar-refractivity contribution in [1.82, 2.24) is 4.98 Å². The third-order valence-electron chi connectivity index (χ3n) is 4.47. The molecule has 0 aliphatic heterocycles. The third kappa shape index (κ3) is 3.13. The molecule has 1 heterocycles. The highest BCUT2D eigenvalue weighted by molar-refractivity contribution is 5.86. The molecule has 0 saturated heterocycles. The van der Waals surface area contributed by atoms with Crippen LogP contribution >= 0.6 is 0 Å². The van der Waals surface area contributed by atoms with Crippen LogP contribution in [0.3, 0.4) is 0 Å². The van der Waals surface area contributed by atoms with E-state index in [1.54, 1.807) is 7.11 Å². The van der Waals surface area contributed by atoms with Gasteiger partial charge >= 0.3 is 0 Å². The monoisotopic (exact) mass is 283 g/mol. The molecule has 1 aromatic carbocycles. The number of rotatable bonds is 4. The molecular weight excluding hydrogens is 262 g/mol. The van der Waals surface area contributed by atoms with Crippen LogP contribution in [0.1, 0.15) is 47.7 Å². The molecule has 3 rings (SSSR count). The quantitative estimate of drug-likeness (QED) is 0.797. The molecule has 110 valence electrons. The fraction of sp³-hybridized carbons (Fsp3) is 0.444. The van der Waals surface area contributed by atoms with Crippen molar-refractivity contribution < 1.29 is 9.53 Å². The normalized spacial score (nSPS) is 22.3. The summed E-state index contributed by atoms with van der Waals surface area (Å²) < 4.78 is 5.31. The number of ether oxygens (including phenoxy) is 1. The second-order valence-electron chi connectivity index (χ2n) is 5.99. The topological polar surface area (TPSA) is 39.2 Å². The molecule has 3 nitrogen and oxygen atoms in total. The minimum atomic E-state index is 0.536. The molecule has 0 unspecified atom stereocenters. The second-order valence-corrected chi connectivity index (χ2v) is 5.99. The molecule has 1 aliphatic rings. The van der Waals surface area contributed by atoms with Crippen molar-refractivity contribution in [2.24, 2.45) is 5.92 Å². The van der Waals surface area contributed by atoms with Crippen LogP contribution in [-0.4, -0.2) is 25.0 Å². The lowest BCUT2D eigenvalue weighted by molar-refractivity contribution is 0.112. The number of carbonyl (C=O) groups excluding carboxylic acids is 1. The molecule has 2 aromatic rings. The van der Waals surface area contributed by atoms with E-state index in [0.29, 0.717) is 17.4 Å². The molecule has 0 amide bonds. The number of carbonyl (C=O) groups is 1. The minimum Gasteiger partial charge on any atom is -0.384 e. The van der Waals surface area contributed by atoms with Gasteiger partial charge in [0.1, 0.15) is 6.29 Å². The van der Waals surface area contributed by atoms with Gasteiger partial charge in [-0.3, -0.25) is 9.78 Å². The summed E-state index contributed by atoms with van der Waals surface area (Å²) in [7, 11) is 1.78. The van der Waals surface area contributed by atoms with Gasteiger partial charge in [0, 0.05) is 36.3 Å². The zero-order chi connectivity index (χ0) is 14.7. The van der Waals surface area contributed by atoms with Crippen molar-refractivity contribution in [3.8, 4) is 0 Å². The predicted molar refractivity (Wildman–Crippen MR) is 83.7 cm³/mol. The van der Waals surface area contributed by atoms with Gasteiger partial charge in [-0.2, -0.15) is 0 Å². The van der Waals surface area contributed by atoms with Gasteiger partial charge in [0.2, 0.25) is 0 Å². The highest BCUT2D eigenvalue weighted by atomic mass is 16.5. The van der Waals surface area contributed by atoms with E-state index in [1.807, 2.05) is 18.2 Å². The van der Waals surface area contributed by atoms with Crippen molar-refractivity contribution in [1.29, 1.82) is 0 Å². The van der Waals surface area contributed by atoms with Crippen LogP contribution < -0.4 is 0 Å². The van der Waals surface area contributed by atoms with E-state index in [-0.39, 0.29) is 0 Å². The van der Waals surface area contributed by atoms with Crippen molar-refractivity contribution in [2.45, 2.75) is 31.6 Å². The van der Waals surface area contributed by atoms with Gasteiger partial charge in [0.05, 0.1) is 5.52 Å². The maximum Gasteiger partial charge on any atom is 0.150 e. The zero-order valence-corrected chi connectivity index (χ0v) is 12.4. The number of methoxy groups -OCH3 is 1. The van der Waals surface area contributed by atoms with Gasteiger partial charge in [-0.1, -0.05) is 12.5 Å². The Morgan fingerprint density at radius 1 is 1.29 bits per heavy atom. The summed E-state index contributed by atoms with van der Waals surface area (Å²) in [6.07, 6.45) is 5.77. The fourth-order valence-electron chi connectivity index (χ4n) is 3.41. The molecule has 21 heavy (non-hydrogen) atoms. The first-order valence-corrected chi connectivity index (χ1v) is 7.65. The van der Waals surface area contributed by atoms with Crippen LogP contribution in [0.2, 0.25) is 0 Å². The van der Waals surface area contributed by atoms with E-state index in [9.17, 15) is 4.79 Å². The Hall–Kier alpha value is -1.74. The second kappa shape index (κ2) is 6.35. The molecule has 0 bridgehead atoms. The number of hydrogen-bond donors (Lipinski definition) is 0. The van der Waals surface area contributed by atoms with Crippen LogP contribution in [0.4, 0.5) is 0 Å². The first kappa shape index (κ1) is 14.2. The van der Waals surface area contributed by atoms with Gasteiger partial charge in [-0.05, 0) is 49.4 Å². The van der Waals surface area contributed by atoms with Crippen LogP contribution in [0, 0.1) is 5.92 Å². The number of aldehydes is 1. The van der Waals surface area contributed by atoms with E-state index in [4.69, 9.17) is 9.72 Å². The lowest BCUT2D eigenvalue weighted by Crippen LogP contribution is -2.18.